The molecule has 118 valence electrons. The summed E-state index contributed by atoms with van der Waals surface area (Å²) >= 11 is 0. The van der Waals surface area contributed by atoms with Gasteiger partial charge in [-0.15, -0.1) is 0 Å². The van der Waals surface area contributed by atoms with Crippen molar-refractivity contribution in [3.63, 3.8) is 0 Å². The smallest absolute Gasteiger partial charge is 0.196 e. The normalized spacial score (nSPS) is 14.6. The Kier molecular flexibility index (Phi) is 4.52. The van der Waals surface area contributed by atoms with Gasteiger partial charge in [-0.1, -0.05) is 6.08 Å². The predicted molar refractivity (Wildman–Crippen MR) is 77.4 cm³/mol. The van der Waals surface area contributed by atoms with E-state index in [1.165, 1.54) is 0 Å². The standard InChI is InChI=1S/C16H12O7/c17-6-8(7-18)1-2-10(19)9-5-13(22)14-11(20)3-4-12(21)15(14)16(9)23/h1,3-7,10,19-21H,2H2/t10-/m1/s1. The number of benzene rings is 1. The van der Waals surface area contributed by atoms with Gasteiger partial charge in [0, 0.05) is 5.57 Å². The van der Waals surface area contributed by atoms with Gasteiger partial charge in [0.05, 0.1) is 22.8 Å². The Hall–Kier alpha value is -3.06. The first kappa shape index (κ1) is 16.3. The molecule has 0 saturated heterocycles. The van der Waals surface area contributed by atoms with E-state index in [-0.39, 0.29) is 28.7 Å². The molecule has 1 atom stereocenters. The highest BCUT2D eigenvalue weighted by molar-refractivity contribution is 6.27. The zero-order valence-electron chi connectivity index (χ0n) is 11.7. The Morgan fingerprint density at radius 2 is 1.61 bits per heavy atom. The topological polar surface area (TPSA) is 129 Å². The fourth-order valence-corrected chi connectivity index (χ4v) is 2.23. The highest BCUT2D eigenvalue weighted by atomic mass is 16.3. The minimum Gasteiger partial charge on any atom is -0.507 e. The number of ketones is 2. The minimum absolute atomic E-state index is 0.208. The number of phenols is 2. The number of aldehydes is 2. The number of allylic oxidation sites excluding steroid dienone is 2. The maximum absolute atomic E-state index is 12.3. The van der Waals surface area contributed by atoms with Crippen molar-refractivity contribution in [3.8, 4) is 11.5 Å². The van der Waals surface area contributed by atoms with Crippen molar-refractivity contribution in [3.05, 3.63) is 46.6 Å². The summed E-state index contributed by atoms with van der Waals surface area (Å²) in [5, 5.41) is 29.5. The van der Waals surface area contributed by atoms with Gasteiger partial charge in [0.2, 0.25) is 0 Å². The van der Waals surface area contributed by atoms with E-state index >= 15 is 0 Å². The van der Waals surface area contributed by atoms with Crippen molar-refractivity contribution >= 4 is 24.1 Å². The number of Topliss-reactive ketones (excluding diaryl/α,β-unsaturated/α-hetero) is 1. The van der Waals surface area contributed by atoms with Gasteiger partial charge >= 0.3 is 0 Å². The summed E-state index contributed by atoms with van der Waals surface area (Å²) in [4.78, 5) is 45.4. The average molecular weight is 316 g/mol. The molecule has 0 aromatic heterocycles. The zero-order chi connectivity index (χ0) is 17.1. The van der Waals surface area contributed by atoms with E-state index in [4.69, 9.17) is 0 Å². The van der Waals surface area contributed by atoms with Crippen LogP contribution in [0.3, 0.4) is 0 Å². The van der Waals surface area contributed by atoms with E-state index < -0.39 is 29.2 Å². The number of aromatic hydroxyl groups is 2. The number of fused-ring (bicyclic) bond motifs is 1. The molecule has 1 aliphatic rings. The van der Waals surface area contributed by atoms with Gasteiger partial charge in [-0.25, -0.2) is 0 Å². The Morgan fingerprint density at radius 3 is 2.17 bits per heavy atom. The third-order valence-corrected chi connectivity index (χ3v) is 3.39. The lowest BCUT2D eigenvalue weighted by atomic mass is 9.85. The van der Waals surface area contributed by atoms with E-state index in [9.17, 15) is 34.5 Å². The van der Waals surface area contributed by atoms with E-state index in [0.717, 1.165) is 24.3 Å². The number of hydrogen-bond acceptors (Lipinski definition) is 7. The molecule has 0 heterocycles. The second-order valence-corrected chi connectivity index (χ2v) is 4.84. The fraction of sp³-hybridized carbons (Fsp3) is 0.125. The largest absolute Gasteiger partial charge is 0.507 e. The average Bonchev–Trinajstić information content (AvgIpc) is 2.53. The number of aliphatic hydroxyl groups is 1. The number of carbonyl (C=O) groups is 4. The molecule has 0 fully saturated rings. The van der Waals surface area contributed by atoms with Crippen LogP contribution in [-0.4, -0.2) is 45.6 Å². The van der Waals surface area contributed by atoms with Crippen LogP contribution < -0.4 is 0 Å². The van der Waals surface area contributed by atoms with Crippen LogP contribution in [0.5, 0.6) is 11.5 Å². The monoisotopic (exact) mass is 316 g/mol. The second-order valence-electron chi connectivity index (χ2n) is 4.84. The first-order valence-electron chi connectivity index (χ1n) is 6.54. The molecule has 0 unspecified atom stereocenters. The number of aliphatic hydroxyl groups excluding tert-OH is 1. The zero-order valence-corrected chi connectivity index (χ0v) is 11.7. The minimum atomic E-state index is -1.45. The van der Waals surface area contributed by atoms with Crippen LogP contribution in [0.2, 0.25) is 0 Å². The van der Waals surface area contributed by atoms with Crippen LogP contribution in [-0.2, 0) is 9.59 Å². The first-order chi connectivity index (χ1) is 10.9. The quantitative estimate of drug-likeness (QED) is 0.237. The molecule has 7 nitrogen and oxygen atoms in total. The number of phenolic OH excluding ortho intramolecular Hbond substituents is 2. The van der Waals surface area contributed by atoms with Crippen LogP contribution in [0.15, 0.2) is 35.4 Å². The van der Waals surface area contributed by atoms with Crippen LogP contribution in [0.25, 0.3) is 0 Å². The molecule has 7 heteroatoms. The molecule has 23 heavy (non-hydrogen) atoms. The third-order valence-electron chi connectivity index (χ3n) is 3.39. The van der Waals surface area contributed by atoms with Crippen molar-refractivity contribution in [1.29, 1.82) is 0 Å². The van der Waals surface area contributed by atoms with Gasteiger partial charge in [0.1, 0.15) is 11.5 Å². The molecule has 1 aromatic rings. The predicted octanol–water partition coefficient (Wildman–Crippen LogP) is 0.478. The molecule has 0 amide bonds. The first-order valence-corrected chi connectivity index (χ1v) is 6.54. The second kappa shape index (κ2) is 6.37. The Labute approximate surface area is 130 Å². The number of rotatable bonds is 5. The summed E-state index contributed by atoms with van der Waals surface area (Å²) in [5.74, 6) is -2.50. The van der Waals surface area contributed by atoms with Gasteiger partial charge in [-0.3, -0.25) is 19.2 Å². The van der Waals surface area contributed by atoms with E-state index in [0.29, 0.717) is 12.6 Å². The Bertz CT molecular complexity index is 761. The summed E-state index contributed by atoms with van der Waals surface area (Å²) in [6.45, 7) is 0. The Balaban J connectivity index is 2.40. The maximum Gasteiger partial charge on any atom is 0.196 e. The SMILES string of the molecule is O=CC(C=O)=CC[C@@H](O)C1=CC(=O)c2c(O)ccc(O)c2C1=O. The number of carbonyl (C=O) groups excluding carboxylic acids is 4. The lowest BCUT2D eigenvalue weighted by Gasteiger charge is -2.20. The van der Waals surface area contributed by atoms with Crippen molar-refractivity contribution in [2.75, 3.05) is 0 Å². The molecule has 0 aliphatic heterocycles. The van der Waals surface area contributed by atoms with Gasteiger partial charge in [-0.05, 0) is 24.6 Å². The van der Waals surface area contributed by atoms with Crippen LogP contribution in [0.1, 0.15) is 27.1 Å². The maximum atomic E-state index is 12.3. The van der Waals surface area contributed by atoms with Crippen LogP contribution in [0, 0.1) is 0 Å². The summed E-state index contributed by atoms with van der Waals surface area (Å²) in [5.41, 5.74) is -1.22. The van der Waals surface area contributed by atoms with E-state index in [1.807, 2.05) is 0 Å². The molecule has 1 aliphatic carbocycles. The molecule has 0 saturated carbocycles. The van der Waals surface area contributed by atoms with Crippen molar-refractivity contribution in [2.24, 2.45) is 0 Å². The number of hydrogen-bond donors (Lipinski definition) is 3. The molecule has 0 spiro atoms. The highest BCUT2D eigenvalue weighted by Gasteiger charge is 2.33. The van der Waals surface area contributed by atoms with Gasteiger partial charge in [0.15, 0.2) is 24.1 Å². The van der Waals surface area contributed by atoms with Crippen molar-refractivity contribution < 1.29 is 34.5 Å². The molecule has 1 aromatic carbocycles. The van der Waals surface area contributed by atoms with E-state index in [1.54, 1.807) is 0 Å². The fourth-order valence-electron chi connectivity index (χ4n) is 2.23. The van der Waals surface area contributed by atoms with Gasteiger partial charge < -0.3 is 15.3 Å². The lowest BCUT2D eigenvalue weighted by Crippen LogP contribution is -2.25. The molecule has 2 rings (SSSR count). The van der Waals surface area contributed by atoms with Crippen LogP contribution in [0.4, 0.5) is 0 Å². The van der Waals surface area contributed by atoms with Gasteiger partial charge in [-0.2, -0.15) is 0 Å². The molecule has 0 radical (unpaired) electrons. The summed E-state index contributed by atoms with van der Waals surface area (Å²) in [6.07, 6.45) is 0.885. The third kappa shape index (κ3) is 2.95. The van der Waals surface area contributed by atoms with Crippen molar-refractivity contribution in [1.82, 2.24) is 0 Å². The molecule has 3 N–H and O–H groups in total. The summed E-state index contributed by atoms with van der Waals surface area (Å²) in [7, 11) is 0. The summed E-state index contributed by atoms with van der Waals surface area (Å²) < 4.78 is 0. The van der Waals surface area contributed by atoms with Crippen LogP contribution >= 0.6 is 0 Å². The van der Waals surface area contributed by atoms with Gasteiger partial charge in [0.25, 0.3) is 0 Å². The Morgan fingerprint density at radius 1 is 1.04 bits per heavy atom. The van der Waals surface area contributed by atoms with Crippen molar-refractivity contribution in [2.45, 2.75) is 12.5 Å². The van der Waals surface area contributed by atoms with E-state index in [2.05, 4.69) is 0 Å². The summed E-state index contributed by atoms with van der Waals surface area (Å²) in [6, 6.07) is 2.14. The lowest BCUT2D eigenvalue weighted by molar-refractivity contribution is -0.109. The molecule has 0 bridgehead atoms. The molecular weight excluding hydrogens is 304 g/mol. The molecular formula is C16H12O7. The highest BCUT2D eigenvalue weighted by Crippen LogP contribution is 2.35.